The largest absolute Gasteiger partial charge is 0.481 e. The van der Waals surface area contributed by atoms with Gasteiger partial charge in [-0.25, -0.2) is 4.79 Å². The van der Waals surface area contributed by atoms with Crippen molar-refractivity contribution in [2.24, 2.45) is 11.8 Å². The molecule has 0 aliphatic carbocycles. The van der Waals surface area contributed by atoms with E-state index in [1.165, 1.54) is 0 Å². The minimum Gasteiger partial charge on any atom is -0.481 e. The number of carbonyl (C=O) groups is 3. The third-order valence-corrected chi connectivity index (χ3v) is 5.84. The number of aliphatic carboxylic acids is 2. The fourth-order valence-corrected chi connectivity index (χ4v) is 4.03. The number of nitrogens with one attached hydrogen (secondary N) is 1. The summed E-state index contributed by atoms with van der Waals surface area (Å²) in [5, 5.41) is 22.2. The summed E-state index contributed by atoms with van der Waals surface area (Å²) in [5.41, 5.74) is 2.56. The van der Waals surface area contributed by atoms with Crippen molar-refractivity contribution in [3.63, 3.8) is 0 Å². The van der Waals surface area contributed by atoms with Crippen LogP contribution in [0.5, 0.6) is 0 Å². The number of amides is 1. The van der Waals surface area contributed by atoms with E-state index in [4.69, 9.17) is 0 Å². The van der Waals surface area contributed by atoms with Gasteiger partial charge in [-0.3, -0.25) is 9.59 Å². The summed E-state index contributed by atoms with van der Waals surface area (Å²) in [5.74, 6) is -4.03. The first-order valence-electron chi connectivity index (χ1n) is 11.3. The van der Waals surface area contributed by atoms with Crippen molar-refractivity contribution in [1.29, 1.82) is 0 Å². The highest BCUT2D eigenvalue weighted by atomic mass is 16.4. The third kappa shape index (κ3) is 7.59. The van der Waals surface area contributed by atoms with Crippen molar-refractivity contribution in [3.8, 4) is 0 Å². The Balaban J connectivity index is 1.79. The van der Waals surface area contributed by atoms with Crippen molar-refractivity contribution >= 4 is 17.8 Å². The van der Waals surface area contributed by atoms with Crippen molar-refractivity contribution in [2.75, 3.05) is 0 Å². The summed E-state index contributed by atoms with van der Waals surface area (Å²) < 4.78 is 0. The van der Waals surface area contributed by atoms with Gasteiger partial charge in [0.25, 0.3) is 0 Å². The monoisotopic (exact) mass is 459 g/mol. The van der Waals surface area contributed by atoms with Gasteiger partial charge in [-0.1, -0.05) is 91.0 Å². The topological polar surface area (TPSA) is 104 Å². The zero-order valence-corrected chi connectivity index (χ0v) is 18.8. The maximum absolute atomic E-state index is 13.3. The van der Waals surface area contributed by atoms with Crippen LogP contribution < -0.4 is 5.32 Å². The first-order chi connectivity index (χ1) is 16.4. The average Bonchev–Trinajstić information content (AvgIpc) is 2.84. The molecule has 34 heavy (non-hydrogen) atoms. The lowest BCUT2D eigenvalue weighted by Crippen LogP contribution is -2.46. The quantitative estimate of drug-likeness (QED) is 0.380. The molecule has 0 bridgehead atoms. The van der Waals surface area contributed by atoms with Crippen molar-refractivity contribution < 1.29 is 24.6 Å². The highest BCUT2D eigenvalue weighted by Gasteiger charge is 2.30. The molecule has 0 aliphatic rings. The zero-order valence-electron chi connectivity index (χ0n) is 18.8. The van der Waals surface area contributed by atoms with E-state index in [1.807, 2.05) is 91.0 Å². The Bertz CT molecular complexity index is 1070. The SMILES string of the molecule is O=C(O)C(Cc1ccccc1)CC(Cc1ccccc1)C(=O)N[C@@H](Cc1ccccc1)C(=O)O. The Hall–Kier alpha value is -3.93. The molecule has 6 heteroatoms. The maximum Gasteiger partial charge on any atom is 0.326 e. The second-order valence-electron chi connectivity index (χ2n) is 8.44. The van der Waals surface area contributed by atoms with E-state index in [9.17, 15) is 24.6 Å². The van der Waals surface area contributed by atoms with E-state index in [-0.39, 0.29) is 12.8 Å². The van der Waals surface area contributed by atoms with Crippen LogP contribution in [0.4, 0.5) is 0 Å². The fourth-order valence-electron chi connectivity index (χ4n) is 4.03. The van der Waals surface area contributed by atoms with Crippen LogP contribution in [0.25, 0.3) is 0 Å². The summed E-state index contributed by atoms with van der Waals surface area (Å²) in [6.07, 6.45) is 0.860. The Morgan fingerprint density at radius 3 is 1.41 bits per heavy atom. The van der Waals surface area contributed by atoms with Gasteiger partial charge in [-0.15, -0.1) is 0 Å². The highest BCUT2D eigenvalue weighted by Crippen LogP contribution is 2.22. The van der Waals surface area contributed by atoms with Gasteiger partial charge in [0.2, 0.25) is 5.91 Å². The van der Waals surface area contributed by atoms with Crippen LogP contribution >= 0.6 is 0 Å². The molecule has 3 N–H and O–H groups in total. The molecule has 0 spiro atoms. The molecule has 0 fully saturated rings. The van der Waals surface area contributed by atoms with Gasteiger partial charge >= 0.3 is 11.9 Å². The fraction of sp³-hybridized carbons (Fsp3) is 0.250. The van der Waals surface area contributed by atoms with E-state index >= 15 is 0 Å². The number of hydrogen-bond donors (Lipinski definition) is 3. The minimum absolute atomic E-state index is 0.0998. The molecule has 0 radical (unpaired) electrons. The van der Waals surface area contributed by atoms with Gasteiger partial charge in [0.1, 0.15) is 6.04 Å². The molecule has 3 aromatic rings. The molecule has 0 saturated carbocycles. The molecule has 0 heterocycles. The van der Waals surface area contributed by atoms with Gasteiger partial charge in [0.05, 0.1) is 5.92 Å². The van der Waals surface area contributed by atoms with E-state index in [0.29, 0.717) is 12.8 Å². The molecular weight excluding hydrogens is 430 g/mol. The third-order valence-electron chi connectivity index (χ3n) is 5.84. The summed E-state index contributed by atoms with van der Waals surface area (Å²) >= 11 is 0. The lowest BCUT2D eigenvalue weighted by Gasteiger charge is -2.23. The van der Waals surface area contributed by atoms with Crippen molar-refractivity contribution in [2.45, 2.75) is 31.7 Å². The molecule has 2 unspecified atom stereocenters. The second kappa shape index (κ2) is 12.3. The summed E-state index contributed by atoms with van der Waals surface area (Å²) in [6, 6.07) is 26.6. The maximum atomic E-state index is 13.3. The van der Waals surface area contributed by atoms with Gasteiger partial charge < -0.3 is 15.5 Å². The Kier molecular flexibility index (Phi) is 8.97. The van der Waals surface area contributed by atoms with Gasteiger partial charge in [0, 0.05) is 12.3 Å². The zero-order chi connectivity index (χ0) is 24.3. The van der Waals surface area contributed by atoms with E-state index in [2.05, 4.69) is 5.32 Å². The first-order valence-corrected chi connectivity index (χ1v) is 11.3. The molecule has 6 nitrogen and oxygen atoms in total. The Morgan fingerprint density at radius 2 is 1.00 bits per heavy atom. The lowest BCUT2D eigenvalue weighted by molar-refractivity contribution is -0.144. The summed E-state index contributed by atoms with van der Waals surface area (Å²) in [6.45, 7) is 0. The van der Waals surface area contributed by atoms with E-state index < -0.39 is 35.7 Å². The number of rotatable bonds is 12. The van der Waals surface area contributed by atoms with Crippen LogP contribution in [0.3, 0.4) is 0 Å². The standard InChI is InChI=1S/C28H29NO5/c30-26(29-25(28(33)34)18-22-14-8-3-9-15-22)23(16-20-10-4-1-5-11-20)19-24(27(31)32)17-21-12-6-2-7-13-21/h1-15,23-25H,16-19H2,(H,29,30)(H,31,32)(H,33,34)/t23?,24?,25-/m0/s1. The number of benzene rings is 3. The molecule has 0 aromatic heterocycles. The molecule has 1 amide bonds. The lowest BCUT2D eigenvalue weighted by atomic mass is 9.85. The van der Waals surface area contributed by atoms with Crippen LogP contribution in [-0.2, 0) is 33.6 Å². The normalized spacial score (nSPS) is 13.4. The van der Waals surface area contributed by atoms with E-state index in [1.54, 1.807) is 0 Å². The number of hydrogen-bond acceptors (Lipinski definition) is 3. The van der Waals surface area contributed by atoms with Crippen LogP contribution in [0, 0.1) is 11.8 Å². The average molecular weight is 460 g/mol. The molecule has 3 rings (SSSR count). The van der Waals surface area contributed by atoms with E-state index in [0.717, 1.165) is 16.7 Å². The van der Waals surface area contributed by atoms with Gasteiger partial charge in [0.15, 0.2) is 0 Å². The van der Waals surface area contributed by atoms with Crippen LogP contribution in [-0.4, -0.2) is 34.1 Å². The predicted octanol–water partition coefficient (Wildman–Crippen LogP) is 3.99. The molecule has 0 aliphatic heterocycles. The number of carbonyl (C=O) groups excluding carboxylic acids is 1. The van der Waals surface area contributed by atoms with Crippen LogP contribution in [0.2, 0.25) is 0 Å². The summed E-state index contributed by atoms with van der Waals surface area (Å²) in [4.78, 5) is 37.2. The number of carboxylic acid groups (broad SMARTS) is 2. The molecular formula is C28H29NO5. The molecule has 3 aromatic carbocycles. The highest BCUT2D eigenvalue weighted by molar-refractivity contribution is 5.86. The Labute approximate surface area is 199 Å². The predicted molar refractivity (Wildman–Crippen MR) is 129 cm³/mol. The smallest absolute Gasteiger partial charge is 0.326 e. The summed E-state index contributed by atoms with van der Waals surface area (Å²) in [7, 11) is 0. The van der Waals surface area contributed by atoms with Crippen molar-refractivity contribution in [1.82, 2.24) is 5.32 Å². The van der Waals surface area contributed by atoms with Gasteiger partial charge in [-0.05, 0) is 36.0 Å². The first kappa shape index (κ1) is 24.7. The van der Waals surface area contributed by atoms with Gasteiger partial charge in [-0.2, -0.15) is 0 Å². The molecule has 0 saturated heterocycles. The second-order valence-corrected chi connectivity index (χ2v) is 8.44. The van der Waals surface area contributed by atoms with Crippen LogP contribution in [0.15, 0.2) is 91.0 Å². The van der Waals surface area contributed by atoms with Crippen molar-refractivity contribution in [3.05, 3.63) is 108 Å². The number of carboxylic acids is 2. The Morgan fingerprint density at radius 1 is 0.588 bits per heavy atom. The minimum atomic E-state index is -1.13. The van der Waals surface area contributed by atoms with Crippen LogP contribution in [0.1, 0.15) is 23.1 Å². The molecule has 176 valence electrons. The molecule has 3 atom stereocenters.